The van der Waals surface area contributed by atoms with E-state index in [1.54, 1.807) is 0 Å². The zero-order chi connectivity index (χ0) is 11.2. The minimum absolute atomic E-state index is 0.121. The summed E-state index contributed by atoms with van der Waals surface area (Å²) in [5.41, 5.74) is 4.69. The Morgan fingerprint density at radius 3 is 2.50 bits per heavy atom. The molecule has 14 heavy (non-hydrogen) atoms. The molecular formula is C7H12F2N2O3. The molecule has 0 radical (unpaired) electrons. The summed E-state index contributed by atoms with van der Waals surface area (Å²) in [5.74, 6) is -6.02. The Morgan fingerprint density at radius 1 is 1.50 bits per heavy atom. The Hall–Kier alpha value is -1.24. The van der Waals surface area contributed by atoms with Crippen LogP contribution in [0.3, 0.4) is 0 Å². The van der Waals surface area contributed by atoms with Crippen LogP contribution >= 0.6 is 0 Å². The molecular weight excluding hydrogens is 198 g/mol. The van der Waals surface area contributed by atoms with E-state index >= 15 is 0 Å². The summed E-state index contributed by atoms with van der Waals surface area (Å²) < 4.78 is 29.7. The third kappa shape index (κ3) is 4.70. The zero-order valence-electron chi connectivity index (χ0n) is 7.68. The van der Waals surface area contributed by atoms with E-state index in [2.05, 4.69) is 4.74 Å². The second-order valence-corrected chi connectivity index (χ2v) is 2.49. The lowest BCUT2D eigenvalue weighted by atomic mass is 10.3. The fourth-order valence-electron chi connectivity index (χ4n) is 0.652. The maximum absolute atomic E-state index is 12.8. The van der Waals surface area contributed by atoms with Crippen LogP contribution in [-0.4, -0.2) is 37.5 Å². The molecule has 0 aliphatic rings. The van der Waals surface area contributed by atoms with E-state index < -0.39 is 30.9 Å². The van der Waals surface area contributed by atoms with E-state index in [0.29, 0.717) is 0 Å². The van der Waals surface area contributed by atoms with Gasteiger partial charge in [-0.25, -0.2) is 4.79 Å². The predicted molar refractivity (Wildman–Crippen MR) is 43.6 cm³/mol. The van der Waals surface area contributed by atoms with E-state index in [1.807, 2.05) is 5.32 Å². The van der Waals surface area contributed by atoms with Crippen LogP contribution in [0.2, 0.25) is 0 Å². The van der Waals surface area contributed by atoms with Gasteiger partial charge in [0.2, 0.25) is 5.91 Å². The molecule has 0 atom stereocenters. The number of hydrogen-bond acceptors (Lipinski definition) is 4. The van der Waals surface area contributed by atoms with Crippen molar-refractivity contribution in [2.75, 3.05) is 19.7 Å². The monoisotopic (exact) mass is 210 g/mol. The number of nitrogens with one attached hydrogen (secondary N) is 1. The van der Waals surface area contributed by atoms with Crippen LogP contribution in [-0.2, 0) is 14.3 Å². The number of carbonyl (C=O) groups excluding carboxylic acids is 2. The highest BCUT2D eigenvalue weighted by Crippen LogP contribution is 2.13. The normalized spacial score (nSPS) is 11.1. The van der Waals surface area contributed by atoms with Gasteiger partial charge in [0.15, 0.2) is 0 Å². The number of rotatable bonds is 6. The Bertz CT molecular complexity index is 221. The number of ether oxygens (including phenoxy) is 1. The molecule has 0 unspecified atom stereocenters. The molecule has 0 aromatic carbocycles. The van der Waals surface area contributed by atoms with E-state index in [0.717, 1.165) is 0 Å². The Balaban J connectivity index is 3.93. The highest BCUT2D eigenvalue weighted by molar-refractivity contribution is 5.78. The summed E-state index contributed by atoms with van der Waals surface area (Å²) in [7, 11) is 0. The number of primary amides is 1. The average molecular weight is 210 g/mol. The standard InChI is InChI=1S/C7H12F2N2O3/c1-2-14-6(13)7(8,9)4-11-3-5(10)12/h11H,2-4H2,1H3,(H2,10,12). The lowest BCUT2D eigenvalue weighted by Gasteiger charge is -2.14. The first-order chi connectivity index (χ1) is 6.40. The number of esters is 1. The smallest absolute Gasteiger partial charge is 0.378 e. The van der Waals surface area contributed by atoms with E-state index in [9.17, 15) is 18.4 Å². The van der Waals surface area contributed by atoms with Gasteiger partial charge < -0.3 is 15.8 Å². The minimum Gasteiger partial charge on any atom is -0.462 e. The van der Waals surface area contributed by atoms with Crippen molar-refractivity contribution in [2.45, 2.75) is 12.8 Å². The largest absolute Gasteiger partial charge is 0.462 e. The van der Waals surface area contributed by atoms with Gasteiger partial charge in [0, 0.05) is 0 Å². The maximum atomic E-state index is 12.8. The SMILES string of the molecule is CCOC(=O)C(F)(F)CNCC(N)=O. The lowest BCUT2D eigenvalue weighted by molar-refractivity contribution is -0.170. The summed E-state index contributed by atoms with van der Waals surface area (Å²) >= 11 is 0. The van der Waals surface area contributed by atoms with Gasteiger partial charge in [0.05, 0.1) is 19.7 Å². The number of nitrogens with two attached hydrogens (primary N) is 1. The summed E-state index contributed by atoms with van der Waals surface area (Å²) in [6.45, 7) is -0.0706. The van der Waals surface area contributed by atoms with Gasteiger partial charge in [0.25, 0.3) is 0 Å². The van der Waals surface area contributed by atoms with Crippen molar-refractivity contribution in [3.63, 3.8) is 0 Å². The number of alkyl halides is 2. The highest BCUT2D eigenvalue weighted by atomic mass is 19.3. The predicted octanol–water partition coefficient (Wildman–Crippen LogP) is -0.740. The molecule has 5 nitrogen and oxygen atoms in total. The average Bonchev–Trinajstić information content (AvgIpc) is 2.03. The van der Waals surface area contributed by atoms with Crippen molar-refractivity contribution in [3.05, 3.63) is 0 Å². The van der Waals surface area contributed by atoms with Crippen molar-refractivity contribution in [3.8, 4) is 0 Å². The van der Waals surface area contributed by atoms with E-state index in [-0.39, 0.29) is 6.61 Å². The van der Waals surface area contributed by atoms with Crippen molar-refractivity contribution >= 4 is 11.9 Å². The van der Waals surface area contributed by atoms with Crippen LogP contribution in [0.25, 0.3) is 0 Å². The van der Waals surface area contributed by atoms with Crippen LogP contribution in [0, 0.1) is 0 Å². The summed E-state index contributed by atoms with van der Waals surface area (Å²) in [6.07, 6.45) is 0. The molecule has 0 bridgehead atoms. The summed E-state index contributed by atoms with van der Waals surface area (Å²) in [6, 6.07) is 0. The molecule has 0 aromatic rings. The Morgan fingerprint density at radius 2 is 2.07 bits per heavy atom. The van der Waals surface area contributed by atoms with Crippen LogP contribution in [0.15, 0.2) is 0 Å². The van der Waals surface area contributed by atoms with Gasteiger partial charge in [-0.2, -0.15) is 8.78 Å². The molecule has 3 N–H and O–H groups in total. The molecule has 0 fully saturated rings. The molecule has 82 valence electrons. The third-order valence-electron chi connectivity index (χ3n) is 1.22. The number of halogens is 2. The quantitative estimate of drug-likeness (QED) is 0.566. The van der Waals surface area contributed by atoms with Crippen LogP contribution in [0.1, 0.15) is 6.92 Å². The first-order valence-corrected chi connectivity index (χ1v) is 3.94. The van der Waals surface area contributed by atoms with Gasteiger partial charge in [0.1, 0.15) is 0 Å². The molecule has 0 heterocycles. The van der Waals surface area contributed by atoms with E-state index in [1.165, 1.54) is 6.92 Å². The van der Waals surface area contributed by atoms with Crippen molar-refractivity contribution in [2.24, 2.45) is 5.73 Å². The zero-order valence-corrected chi connectivity index (χ0v) is 7.68. The number of amides is 1. The van der Waals surface area contributed by atoms with Crippen molar-refractivity contribution < 1.29 is 23.1 Å². The summed E-state index contributed by atoms with van der Waals surface area (Å²) in [4.78, 5) is 20.8. The maximum Gasteiger partial charge on any atom is 0.378 e. The first-order valence-electron chi connectivity index (χ1n) is 3.94. The minimum atomic E-state index is -3.63. The number of carbonyl (C=O) groups is 2. The topological polar surface area (TPSA) is 81.4 Å². The molecule has 7 heteroatoms. The molecule has 0 aliphatic carbocycles. The van der Waals surface area contributed by atoms with Gasteiger partial charge in [-0.3, -0.25) is 4.79 Å². The van der Waals surface area contributed by atoms with Crippen LogP contribution in [0.4, 0.5) is 8.78 Å². The van der Waals surface area contributed by atoms with Crippen LogP contribution < -0.4 is 11.1 Å². The number of hydrogen-bond donors (Lipinski definition) is 2. The second kappa shape index (κ2) is 5.48. The second-order valence-electron chi connectivity index (χ2n) is 2.49. The Labute approximate surface area is 79.6 Å². The molecule has 0 spiro atoms. The molecule has 0 saturated heterocycles. The highest BCUT2D eigenvalue weighted by Gasteiger charge is 2.39. The van der Waals surface area contributed by atoms with Crippen molar-refractivity contribution in [1.29, 1.82) is 0 Å². The van der Waals surface area contributed by atoms with E-state index in [4.69, 9.17) is 5.73 Å². The molecule has 0 aliphatic heterocycles. The Kier molecular flexibility index (Phi) is 5.00. The van der Waals surface area contributed by atoms with Gasteiger partial charge in [-0.15, -0.1) is 0 Å². The van der Waals surface area contributed by atoms with Gasteiger partial charge >= 0.3 is 11.9 Å². The molecule has 0 aromatic heterocycles. The fourth-order valence-corrected chi connectivity index (χ4v) is 0.652. The molecule has 0 rings (SSSR count). The molecule has 0 saturated carbocycles. The van der Waals surface area contributed by atoms with Gasteiger partial charge in [-0.1, -0.05) is 0 Å². The fraction of sp³-hybridized carbons (Fsp3) is 0.714. The van der Waals surface area contributed by atoms with Crippen LogP contribution in [0.5, 0.6) is 0 Å². The third-order valence-corrected chi connectivity index (χ3v) is 1.22. The lowest BCUT2D eigenvalue weighted by Crippen LogP contribution is -2.43. The summed E-state index contributed by atoms with van der Waals surface area (Å²) in [5, 5.41) is 2.04. The van der Waals surface area contributed by atoms with Crippen molar-refractivity contribution in [1.82, 2.24) is 5.32 Å². The first kappa shape index (κ1) is 12.8. The van der Waals surface area contributed by atoms with Gasteiger partial charge in [-0.05, 0) is 6.92 Å². The molecule has 1 amide bonds.